The summed E-state index contributed by atoms with van der Waals surface area (Å²) in [6.07, 6.45) is 2.07. The standard InChI is InChI=1S/C15H22N4O2/c1-10(9-16)19(2)14(20)11-4-3-5-13(8-11)18-15(21)17-12-6-7-12/h3-5,8,10,12H,6-7,9,16H2,1-2H3,(H2,17,18,21). The van der Waals surface area contributed by atoms with Gasteiger partial charge in [-0.1, -0.05) is 6.07 Å². The van der Waals surface area contributed by atoms with Gasteiger partial charge in [0.1, 0.15) is 0 Å². The number of nitrogens with zero attached hydrogens (tertiary/aromatic N) is 1. The highest BCUT2D eigenvalue weighted by Gasteiger charge is 2.23. The minimum atomic E-state index is -0.231. The second kappa shape index (κ2) is 6.58. The van der Waals surface area contributed by atoms with E-state index < -0.39 is 0 Å². The number of carbonyl (C=O) groups excluding carboxylic acids is 2. The SMILES string of the molecule is CC(CN)N(C)C(=O)c1cccc(NC(=O)NC2CC2)c1. The van der Waals surface area contributed by atoms with Crippen LogP contribution in [0, 0.1) is 0 Å². The first-order valence-corrected chi connectivity index (χ1v) is 7.16. The molecule has 6 heteroatoms. The summed E-state index contributed by atoms with van der Waals surface area (Å²) < 4.78 is 0. The Bertz CT molecular complexity index is 528. The molecule has 0 heterocycles. The van der Waals surface area contributed by atoms with Crippen molar-refractivity contribution in [3.63, 3.8) is 0 Å². The molecule has 0 aromatic heterocycles. The Morgan fingerprint density at radius 3 is 2.76 bits per heavy atom. The Balaban J connectivity index is 2.02. The van der Waals surface area contributed by atoms with E-state index >= 15 is 0 Å². The van der Waals surface area contributed by atoms with Crippen LogP contribution in [0.1, 0.15) is 30.1 Å². The summed E-state index contributed by atoms with van der Waals surface area (Å²) in [5, 5.41) is 5.58. The summed E-state index contributed by atoms with van der Waals surface area (Å²) in [5.74, 6) is -0.112. The number of amides is 3. The van der Waals surface area contributed by atoms with Gasteiger partial charge in [-0.25, -0.2) is 4.79 Å². The lowest BCUT2D eigenvalue weighted by Gasteiger charge is -2.23. The molecular weight excluding hydrogens is 268 g/mol. The zero-order chi connectivity index (χ0) is 15.4. The predicted octanol–water partition coefficient (Wildman–Crippen LogP) is 1.39. The fourth-order valence-corrected chi connectivity index (χ4v) is 1.87. The van der Waals surface area contributed by atoms with Crippen LogP contribution in [0.3, 0.4) is 0 Å². The lowest BCUT2D eigenvalue weighted by atomic mass is 10.1. The molecule has 1 aromatic carbocycles. The molecule has 0 spiro atoms. The lowest BCUT2D eigenvalue weighted by molar-refractivity contribution is 0.0748. The summed E-state index contributed by atoms with van der Waals surface area (Å²) in [6.45, 7) is 2.30. The highest BCUT2D eigenvalue weighted by Crippen LogP contribution is 2.19. The molecule has 0 radical (unpaired) electrons. The van der Waals surface area contributed by atoms with Crippen LogP contribution >= 0.6 is 0 Å². The smallest absolute Gasteiger partial charge is 0.319 e. The summed E-state index contributed by atoms with van der Waals surface area (Å²) in [4.78, 5) is 25.6. The number of hydrogen-bond acceptors (Lipinski definition) is 3. The van der Waals surface area contributed by atoms with Gasteiger partial charge in [0.05, 0.1) is 0 Å². The van der Waals surface area contributed by atoms with E-state index in [9.17, 15) is 9.59 Å². The van der Waals surface area contributed by atoms with E-state index in [0.29, 0.717) is 23.8 Å². The van der Waals surface area contributed by atoms with Crippen molar-refractivity contribution in [1.29, 1.82) is 0 Å². The van der Waals surface area contributed by atoms with Gasteiger partial charge in [0.2, 0.25) is 0 Å². The van der Waals surface area contributed by atoms with Crippen molar-refractivity contribution >= 4 is 17.6 Å². The van der Waals surface area contributed by atoms with Crippen molar-refractivity contribution in [1.82, 2.24) is 10.2 Å². The van der Waals surface area contributed by atoms with Crippen molar-refractivity contribution in [2.45, 2.75) is 31.8 Å². The van der Waals surface area contributed by atoms with E-state index in [1.807, 2.05) is 6.92 Å². The van der Waals surface area contributed by atoms with Gasteiger partial charge >= 0.3 is 6.03 Å². The average Bonchev–Trinajstić information content (AvgIpc) is 3.28. The summed E-state index contributed by atoms with van der Waals surface area (Å²) in [6, 6.07) is 6.95. The zero-order valence-electron chi connectivity index (χ0n) is 12.4. The van der Waals surface area contributed by atoms with Crippen LogP contribution in [0.5, 0.6) is 0 Å². The Hall–Kier alpha value is -2.08. The summed E-state index contributed by atoms with van der Waals surface area (Å²) in [5.41, 5.74) is 6.71. The number of nitrogens with two attached hydrogens (primary N) is 1. The van der Waals surface area contributed by atoms with Gasteiger partial charge in [-0.05, 0) is 38.0 Å². The van der Waals surface area contributed by atoms with Crippen molar-refractivity contribution in [3.05, 3.63) is 29.8 Å². The highest BCUT2D eigenvalue weighted by molar-refractivity contribution is 5.97. The molecule has 1 atom stereocenters. The van der Waals surface area contributed by atoms with Crippen molar-refractivity contribution in [3.8, 4) is 0 Å². The normalized spacial score (nSPS) is 15.2. The van der Waals surface area contributed by atoms with Crippen LogP contribution in [0.4, 0.5) is 10.5 Å². The molecule has 2 rings (SSSR count). The fraction of sp³-hybridized carbons (Fsp3) is 0.467. The number of urea groups is 1. The monoisotopic (exact) mass is 290 g/mol. The minimum absolute atomic E-state index is 0.0349. The van der Waals surface area contributed by atoms with Crippen LogP contribution in [-0.4, -0.2) is 42.5 Å². The van der Waals surface area contributed by atoms with Gasteiger partial charge in [0.25, 0.3) is 5.91 Å². The molecule has 1 saturated carbocycles. The second-order valence-electron chi connectivity index (χ2n) is 5.45. The van der Waals surface area contributed by atoms with Crippen molar-refractivity contribution < 1.29 is 9.59 Å². The second-order valence-corrected chi connectivity index (χ2v) is 5.45. The lowest BCUT2D eigenvalue weighted by Crippen LogP contribution is -2.39. The molecule has 3 amide bonds. The topological polar surface area (TPSA) is 87.5 Å². The van der Waals surface area contributed by atoms with E-state index in [4.69, 9.17) is 5.73 Å². The third-order valence-electron chi connectivity index (χ3n) is 3.60. The largest absolute Gasteiger partial charge is 0.338 e. The predicted molar refractivity (Wildman–Crippen MR) is 82.2 cm³/mol. The third-order valence-corrected chi connectivity index (χ3v) is 3.60. The van der Waals surface area contributed by atoms with E-state index in [-0.39, 0.29) is 18.0 Å². The summed E-state index contributed by atoms with van der Waals surface area (Å²) in [7, 11) is 1.72. The van der Waals surface area contributed by atoms with Crippen LogP contribution in [0.2, 0.25) is 0 Å². The number of anilines is 1. The molecule has 1 aromatic rings. The Morgan fingerprint density at radius 2 is 2.14 bits per heavy atom. The van der Waals surface area contributed by atoms with E-state index in [2.05, 4.69) is 10.6 Å². The summed E-state index contributed by atoms with van der Waals surface area (Å²) >= 11 is 0. The third kappa shape index (κ3) is 4.19. The molecule has 0 aliphatic heterocycles. The number of rotatable bonds is 5. The molecule has 114 valence electrons. The Morgan fingerprint density at radius 1 is 1.43 bits per heavy atom. The molecule has 1 aliphatic carbocycles. The van der Waals surface area contributed by atoms with Gasteiger partial charge in [0.15, 0.2) is 0 Å². The molecular formula is C15H22N4O2. The number of benzene rings is 1. The van der Waals surface area contributed by atoms with E-state index in [1.54, 1.807) is 36.2 Å². The van der Waals surface area contributed by atoms with Crippen LogP contribution in [0.25, 0.3) is 0 Å². The van der Waals surface area contributed by atoms with Gasteiger partial charge in [-0.3, -0.25) is 4.79 Å². The molecule has 1 aliphatic rings. The first kappa shape index (κ1) is 15.3. The first-order valence-electron chi connectivity index (χ1n) is 7.16. The highest BCUT2D eigenvalue weighted by atomic mass is 16.2. The molecule has 21 heavy (non-hydrogen) atoms. The average molecular weight is 290 g/mol. The molecule has 1 unspecified atom stereocenters. The maximum atomic E-state index is 12.3. The fourth-order valence-electron chi connectivity index (χ4n) is 1.87. The quantitative estimate of drug-likeness (QED) is 0.765. The van der Waals surface area contributed by atoms with Gasteiger partial charge in [0, 0.05) is 36.9 Å². The van der Waals surface area contributed by atoms with Crippen LogP contribution < -0.4 is 16.4 Å². The molecule has 6 nitrogen and oxygen atoms in total. The number of carbonyl (C=O) groups is 2. The van der Waals surface area contributed by atoms with Crippen molar-refractivity contribution in [2.75, 3.05) is 18.9 Å². The minimum Gasteiger partial charge on any atom is -0.338 e. The van der Waals surface area contributed by atoms with Crippen molar-refractivity contribution in [2.24, 2.45) is 5.73 Å². The first-order chi connectivity index (χ1) is 10.0. The number of hydrogen-bond donors (Lipinski definition) is 3. The molecule has 0 bridgehead atoms. The van der Waals surface area contributed by atoms with E-state index in [1.165, 1.54) is 0 Å². The number of likely N-dealkylation sites (N-methyl/N-ethyl adjacent to an activating group) is 1. The molecule has 1 fully saturated rings. The maximum absolute atomic E-state index is 12.3. The number of nitrogens with one attached hydrogen (secondary N) is 2. The van der Waals surface area contributed by atoms with Gasteiger partial charge in [-0.2, -0.15) is 0 Å². The van der Waals surface area contributed by atoms with Gasteiger partial charge < -0.3 is 21.3 Å². The molecule has 0 saturated heterocycles. The molecule has 4 N–H and O–H groups in total. The Kier molecular flexibility index (Phi) is 4.80. The zero-order valence-corrected chi connectivity index (χ0v) is 12.4. The van der Waals surface area contributed by atoms with Gasteiger partial charge in [-0.15, -0.1) is 0 Å². The van der Waals surface area contributed by atoms with E-state index in [0.717, 1.165) is 12.8 Å². The van der Waals surface area contributed by atoms with Crippen LogP contribution in [0.15, 0.2) is 24.3 Å². The maximum Gasteiger partial charge on any atom is 0.319 e. The van der Waals surface area contributed by atoms with Crippen LogP contribution in [-0.2, 0) is 0 Å². The Labute approximate surface area is 124 Å².